The molecule has 4 heterocycles. The van der Waals surface area contributed by atoms with Gasteiger partial charge in [0.25, 0.3) is 0 Å². The molecule has 3 aliphatic rings. The molecule has 73 heavy (non-hydrogen) atoms. The largest absolute Gasteiger partial charge is 0.481 e. The van der Waals surface area contributed by atoms with Crippen LogP contribution in [0, 0.1) is 5.92 Å². The highest BCUT2D eigenvalue weighted by Gasteiger charge is 2.45. The minimum Gasteiger partial charge on any atom is -0.481 e. The number of nitrogens with two attached hydrogens (primary N) is 4. The molecule has 2 aromatic rings. The lowest BCUT2D eigenvalue weighted by atomic mass is 9.96. The standard InChI is InChI=1S/C48H71N13O12/c1-3-26(2)39(46(71)60-22-8-14-35(60)45(70)61-23-9-15-36(61)47(72)73)58-41(66)31(17-18-37(50)62)55-43(68)34-13-7-21-59(34)44(69)32(12-6-20-53-48(51)52)56-42(67)33(57-40(65)29(49)16-19-38(63)64)24-27-25-54-30-11-5-4-10-28(27)30/h4-5,10-11,25-26,29,31-36,39,54H,3,6-9,12-24,49H2,1-2H3,(H2,50,62)(H,55,68)(H,56,67)(H,57,65)(H,58,66)(H,63,64)(H,72,73)(H4,51,52,53)/t26-,29-,31-,32-,33-,34-,35-,36-,39-/m0/s1. The van der Waals surface area contributed by atoms with Gasteiger partial charge in [0.05, 0.1) is 6.04 Å². The minimum atomic E-state index is -1.43. The Morgan fingerprint density at radius 2 is 1.34 bits per heavy atom. The predicted molar refractivity (Wildman–Crippen MR) is 264 cm³/mol. The molecule has 9 atom stereocenters. The number of fused-ring (bicyclic) bond motifs is 1. The number of aromatic amines is 1. The van der Waals surface area contributed by atoms with Crippen LogP contribution in [0.25, 0.3) is 10.9 Å². The minimum absolute atomic E-state index is 0.0333. The van der Waals surface area contributed by atoms with Crippen LogP contribution in [0.5, 0.6) is 0 Å². The van der Waals surface area contributed by atoms with E-state index in [1.807, 2.05) is 18.2 Å². The van der Waals surface area contributed by atoms with Crippen molar-refractivity contribution in [2.45, 2.75) is 152 Å². The van der Waals surface area contributed by atoms with Crippen molar-refractivity contribution in [1.29, 1.82) is 0 Å². The number of hydrogen-bond donors (Lipinski definition) is 11. The van der Waals surface area contributed by atoms with Gasteiger partial charge in [0.1, 0.15) is 42.3 Å². The average molecular weight is 1020 g/mol. The Labute approximate surface area is 422 Å². The number of carboxylic acids is 2. The number of likely N-dealkylation sites (tertiary alicyclic amines) is 3. The summed E-state index contributed by atoms with van der Waals surface area (Å²) in [7, 11) is 0. The first-order valence-electron chi connectivity index (χ1n) is 24.9. The highest BCUT2D eigenvalue weighted by molar-refractivity contribution is 5.98. The zero-order valence-corrected chi connectivity index (χ0v) is 41.4. The van der Waals surface area contributed by atoms with E-state index in [0.717, 1.165) is 10.9 Å². The third kappa shape index (κ3) is 15.1. The number of aliphatic carboxylic acids is 2. The number of carboxylic acid groups (broad SMARTS) is 2. The van der Waals surface area contributed by atoms with Crippen LogP contribution in [0.4, 0.5) is 0 Å². The molecule has 400 valence electrons. The second kappa shape index (κ2) is 26.4. The summed E-state index contributed by atoms with van der Waals surface area (Å²) in [6.07, 6.45) is 2.96. The molecule has 1 aromatic carbocycles. The first-order chi connectivity index (χ1) is 34.7. The average Bonchev–Trinajstić information content (AvgIpc) is 4.21. The Morgan fingerprint density at radius 1 is 0.726 bits per heavy atom. The third-order valence-electron chi connectivity index (χ3n) is 13.9. The van der Waals surface area contributed by atoms with Crippen LogP contribution in [0.2, 0.25) is 0 Å². The molecule has 0 radical (unpaired) electrons. The van der Waals surface area contributed by atoms with E-state index in [0.29, 0.717) is 44.1 Å². The maximum Gasteiger partial charge on any atom is 0.326 e. The number of aliphatic imine (C=N–C) groups is 1. The van der Waals surface area contributed by atoms with E-state index in [2.05, 4.69) is 31.2 Å². The quantitative estimate of drug-likeness (QED) is 0.0283. The van der Waals surface area contributed by atoms with Crippen molar-refractivity contribution in [3.63, 3.8) is 0 Å². The molecule has 3 fully saturated rings. The lowest BCUT2D eigenvalue weighted by Gasteiger charge is -2.34. The number of nitrogens with one attached hydrogen (secondary N) is 5. The molecule has 25 nitrogen and oxygen atoms in total. The summed E-state index contributed by atoms with van der Waals surface area (Å²) in [6.45, 7) is 4.09. The molecule has 0 spiro atoms. The molecular weight excluding hydrogens is 951 g/mol. The molecule has 15 N–H and O–H groups in total. The van der Waals surface area contributed by atoms with Gasteiger partial charge < -0.3 is 74.1 Å². The summed E-state index contributed by atoms with van der Waals surface area (Å²) in [6, 6.07) is -2.40. The SMILES string of the molecule is CC[C@H](C)[C@H](NC(=O)[C@H](CCC(N)=O)NC(=O)[C@@H]1CCCN1C(=O)[C@H](CCCN=C(N)N)NC(=O)[C@H](Cc1c[nH]c2ccccc12)NC(=O)[C@@H](N)CCC(=O)O)C(=O)N1CCC[C@H]1C(=O)N1CCC[C@H]1C(=O)O. The van der Waals surface area contributed by atoms with Crippen LogP contribution < -0.4 is 44.2 Å². The Hall–Kier alpha value is -7.31. The van der Waals surface area contributed by atoms with E-state index in [1.165, 1.54) is 14.7 Å². The molecule has 5 rings (SSSR count). The van der Waals surface area contributed by atoms with Crippen LogP contribution >= 0.6 is 0 Å². The van der Waals surface area contributed by atoms with Crippen molar-refractivity contribution in [3.05, 3.63) is 36.0 Å². The van der Waals surface area contributed by atoms with Crippen LogP contribution in [-0.2, 0) is 54.4 Å². The van der Waals surface area contributed by atoms with Gasteiger partial charge in [-0.2, -0.15) is 0 Å². The van der Waals surface area contributed by atoms with E-state index in [-0.39, 0.29) is 77.1 Å². The zero-order chi connectivity index (χ0) is 53.5. The van der Waals surface area contributed by atoms with Crippen LogP contribution in [0.15, 0.2) is 35.5 Å². The van der Waals surface area contributed by atoms with Gasteiger partial charge in [0.2, 0.25) is 47.3 Å². The highest BCUT2D eigenvalue weighted by atomic mass is 16.4. The number of primary amides is 1. The Kier molecular flexibility index (Phi) is 20.5. The molecule has 8 amide bonds. The van der Waals surface area contributed by atoms with E-state index in [4.69, 9.17) is 22.9 Å². The maximum atomic E-state index is 14.7. The highest BCUT2D eigenvalue weighted by Crippen LogP contribution is 2.28. The van der Waals surface area contributed by atoms with Crippen molar-refractivity contribution >= 4 is 76.1 Å². The number of nitrogens with zero attached hydrogens (tertiary/aromatic N) is 4. The normalized spacial score (nSPS) is 20.0. The summed E-state index contributed by atoms with van der Waals surface area (Å²) in [5, 5.41) is 30.5. The number of guanidine groups is 1. The smallest absolute Gasteiger partial charge is 0.326 e. The third-order valence-corrected chi connectivity index (χ3v) is 13.9. The fourth-order valence-electron chi connectivity index (χ4n) is 9.66. The van der Waals surface area contributed by atoms with Gasteiger partial charge >= 0.3 is 11.9 Å². The lowest BCUT2D eigenvalue weighted by Crippen LogP contribution is -2.60. The number of rotatable bonds is 26. The summed E-state index contributed by atoms with van der Waals surface area (Å²) in [4.78, 5) is 145. The fourth-order valence-corrected chi connectivity index (χ4v) is 9.66. The Bertz CT molecular complexity index is 2390. The topological polar surface area (TPSA) is 401 Å². The van der Waals surface area contributed by atoms with Gasteiger partial charge in [0.15, 0.2) is 5.96 Å². The number of hydrogen-bond acceptors (Lipinski definition) is 12. The van der Waals surface area contributed by atoms with Crippen LogP contribution in [-0.4, -0.2) is 170 Å². The zero-order valence-electron chi connectivity index (χ0n) is 41.4. The second-order valence-corrected chi connectivity index (χ2v) is 19.0. The summed E-state index contributed by atoms with van der Waals surface area (Å²) in [5.74, 6) is -8.66. The van der Waals surface area contributed by atoms with Gasteiger partial charge in [-0.1, -0.05) is 38.5 Å². The van der Waals surface area contributed by atoms with Crippen molar-refractivity contribution in [3.8, 4) is 0 Å². The van der Waals surface area contributed by atoms with Crippen molar-refractivity contribution in [2.75, 3.05) is 26.2 Å². The molecular formula is C48H71N13O12. The molecule has 3 saturated heterocycles. The molecule has 25 heteroatoms. The number of amides is 8. The number of para-hydroxylation sites is 1. The second-order valence-electron chi connectivity index (χ2n) is 19.0. The van der Waals surface area contributed by atoms with E-state index in [9.17, 15) is 58.2 Å². The molecule has 3 aliphatic heterocycles. The summed E-state index contributed by atoms with van der Waals surface area (Å²) < 4.78 is 0. The van der Waals surface area contributed by atoms with Crippen molar-refractivity contribution in [1.82, 2.24) is 41.0 Å². The molecule has 0 saturated carbocycles. The van der Waals surface area contributed by atoms with Crippen LogP contribution in [0.1, 0.15) is 103 Å². The number of carbonyl (C=O) groups excluding carboxylic acids is 8. The summed E-state index contributed by atoms with van der Waals surface area (Å²) in [5.41, 5.74) is 24.0. The molecule has 0 aliphatic carbocycles. The first-order valence-corrected chi connectivity index (χ1v) is 24.9. The fraction of sp³-hybridized carbons (Fsp3) is 0.604. The van der Waals surface area contributed by atoms with Gasteiger partial charge in [0, 0.05) is 62.5 Å². The summed E-state index contributed by atoms with van der Waals surface area (Å²) >= 11 is 0. The van der Waals surface area contributed by atoms with Gasteiger partial charge in [-0.05, 0) is 81.8 Å². The van der Waals surface area contributed by atoms with Crippen molar-refractivity contribution in [2.24, 2.45) is 33.8 Å². The van der Waals surface area contributed by atoms with Gasteiger partial charge in [-0.15, -0.1) is 0 Å². The first kappa shape index (κ1) is 56.6. The van der Waals surface area contributed by atoms with E-state index < -0.39 is 120 Å². The number of H-pyrrole nitrogens is 1. The monoisotopic (exact) mass is 1020 g/mol. The van der Waals surface area contributed by atoms with Gasteiger partial charge in [-0.25, -0.2) is 4.79 Å². The maximum absolute atomic E-state index is 14.7. The van der Waals surface area contributed by atoms with E-state index >= 15 is 0 Å². The number of benzene rings is 1. The molecule has 1 aromatic heterocycles. The Morgan fingerprint density at radius 3 is 1.99 bits per heavy atom. The number of aromatic nitrogens is 1. The van der Waals surface area contributed by atoms with Crippen molar-refractivity contribution < 1.29 is 58.2 Å². The Balaban J connectivity index is 1.36. The lowest BCUT2D eigenvalue weighted by molar-refractivity contribution is -0.152. The van der Waals surface area contributed by atoms with Gasteiger partial charge in [-0.3, -0.25) is 48.1 Å². The molecule has 0 unspecified atom stereocenters. The predicted octanol–water partition coefficient (Wildman–Crippen LogP) is -1.74. The number of carbonyl (C=O) groups is 10. The van der Waals surface area contributed by atoms with E-state index in [1.54, 1.807) is 26.1 Å². The van der Waals surface area contributed by atoms with Crippen LogP contribution in [0.3, 0.4) is 0 Å². The molecule has 0 bridgehead atoms.